The van der Waals surface area contributed by atoms with Gasteiger partial charge >= 0.3 is 12.1 Å². The summed E-state index contributed by atoms with van der Waals surface area (Å²) in [5.41, 5.74) is 0.899. The van der Waals surface area contributed by atoms with E-state index in [0.29, 0.717) is 29.8 Å². The highest BCUT2D eigenvalue weighted by Gasteiger charge is 2.32. The summed E-state index contributed by atoms with van der Waals surface area (Å²) < 4.78 is 16.4. The van der Waals surface area contributed by atoms with Gasteiger partial charge < -0.3 is 15.2 Å². The molecule has 2 aromatic heterocycles. The van der Waals surface area contributed by atoms with Crippen LogP contribution in [0.2, 0.25) is 0 Å². The normalized spacial score (nSPS) is 13.5. The van der Waals surface area contributed by atoms with Crippen molar-refractivity contribution < 1.29 is 14.0 Å². The molecule has 11 nitrogen and oxygen atoms in total. The number of fused-ring (bicyclic) bond motifs is 1. The van der Waals surface area contributed by atoms with E-state index in [1.165, 1.54) is 28.0 Å². The molecule has 4 rings (SSSR count). The van der Waals surface area contributed by atoms with Crippen molar-refractivity contribution in [3.8, 4) is 0 Å². The number of halogens is 1. The van der Waals surface area contributed by atoms with Crippen LogP contribution in [0.5, 0.6) is 0 Å². The first-order valence-electron chi connectivity index (χ1n) is 11.2. The molecule has 35 heavy (non-hydrogen) atoms. The minimum Gasteiger partial charge on any atom is -0.357 e. The highest BCUT2D eigenvalue weighted by Crippen LogP contribution is 2.32. The Bertz CT molecular complexity index is 1270. The van der Waals surface area contributed by atoms with Crippen LogP contribution in [0.3, 0.4) is 0 Å². The van der Waals surface area contributed by atoms with E-state index in [-0.39, 0.29) is 23.8 Å². The second kappa shape index (κ2) is 9.20. The molecule has 184 valence electrons. The molecule has 3 aromatic rings. The zero-order chi connectivity index (χ0) is 25.3. The Balaban J connectivity index is 1.55. The number of nitrogens with zero attached hydrogens (tertiary/aromatic N) is 6. The molecule has 0 aliphatic carbocycles. The van der Waals surface area contributed by atoms with Crippen LogP contribution in [0.15, 0.2) is 36.9 Å². The molecule has 0 bridgehead atoms. The van der Waals surface area contributed by atoms with Gasteiger partial charge in [-0.15, -0.1) is 0 Å². The maximum Gasteiger partial charge on any atom is 0.330 e. The number of carbonyl (C=O) groups is 2. The Morgan fingerprint density at radius 3 is 2.63 bits per heavy atom. The maximum absolute atomic E-state index is 14.6. The van der Waals surface area contributed by atoms with Gasteiger partial charge in [0.05, 0.1) is 18.6 Å². The van der Waals surface area contributed by atoms with E-state index < -0.39 is 11.8 Å². The summed E-state index contributed by atoms with van der Waals surface area (Å²) >= 11 is 0. The van der Waals surface area contributed by atoms with Gasteiger partial charge in [0.1, 0.15) is 11.6 Å². The summed E-state index contributed by atoms with van der Waals surface area (Å²) in [5.74, 6) is 0.636. The molecule has 4 amide bonds. The van der Waals surface area contributed by atoms with Crippen LogP contribution in [0.1, 0.15) is 33.3 Å². The third-order valence-electron chi connectivity index (χ3n) is 5.54. The van der Waals surface area contributed by atoms with Crippen molar-refractivity contribution in [2.24, 2.45) is 0 Å². The molecular formula is C23H28FN9O2. The van der Waals surface area contributed by atoms with Crippen LogP contribution in [0.25, 0.3) is 0 Å². The SMILES string of the molecule is CCN1C(=O)N(c2ccc(F)c(NC(=O)Nc3cn(C(C)(C)C)cn3)c2)Cc2cnc(NC)nc21. The van der Waals surface area contributed by atoms with Crippen LogP contribution in [-0.4, -0.2) is 45.2 Å². The average molecular weight is 482 g/mol. The van der Waals surface area contributed by atoms with Crippen molar-refractivity contribution >= 4 is 41.0 Å². The fraction of sp³-hybridized carbons (Fsp3) is 0.348. The number of carbonyl (C=O) groups excluding carboxylic acids is 2. The Morgan fingerprint density at radius 1 is 1.20 bits per heavy atom. The minimum atomic E-state index is -0.654. The molecule has 0 saturated carbocycles. The van der Waals surface area contributed by atoms with Gasteiger partial charge in [-0.25, -0.2) is 23.9 Å². The van der Waals surface area contributed by atoms with Gasteiger partial charge in [0.2, 0.25) is 5.95 Å². The Labute approximate surface area is 202 Å². The molecule has 3 N–H and O–H groups in total. The first-order chi connectivity index (χ1) is 16.6. The number of hydrogen-bond donors (Lipinski definition) is 3. The van der Waals surface area contributed by atoms with Gasteiger partial charge in [-0.3, -0.25) is 15.1 Å². The molecule has 12 heteroatoms. The molecule has 1 aromatic carbocycles. The van der Waals surface area contributed by atoms with Crippen molar-refractivity contribution in [1.29, 1.82) is 0 Å². The highest BCUT2D eigenvalue weighted by atomic mass is 19.1. The lowest BCUT2D eigenvalue weighted by Crippen LogP contribution is -2.48. The number of benzene rings is 1. The van der Waals surface area contributed by atoms with Gasteiger partial charge in [-0.05, 0) is 45.9 Å². The van der Waals surface area contributed by atoms with Gasteiger partial charge in [0, 0.05) is 42.8 Å². The number of urea groups is 2. The van der Waals surface area contributed by atoms with E-state index in [4.69, 9.17) is 0 Å². The smallest absolute Gasteiger partial charge is 0.330 e. The van der Waals surface area contributed by atoms with Gasteiger partial charge in [0.25, 0.3) is 0 Å². The number of amides is 4. The molecule has 1 aliphatic rings. The standard InChI is InChI=1S/C23H28FN9O2/c1-6-32-19-14(10-26-20(25-5)30-19)11-33(22(32)35)15-7-8-16(24)17(9-15)28-21(34)29-18-12-31(13-27-18)23(2,3)4/h7-10,12-13H,6,11H2,1-5H3,(H,25,26,30)(H2,28,29,34). The number of rotatable bonds is 5. The lowest BCUT2D eigenvalue weighted by molar-refractivity contribution is 0.250. The maximum atomic E-state index is 14.6. The van der Waals surface area contributed by atoms with Crippen molar-refractivity contribution in [2.45, 2.75) is 39.8 Å². The van der Waals surface area contributed by atoms with Gasteiger partial charge in [-0.2, -0.15) is 4.98 Å². The third-order valence-corrected chi connectivity index (χ3v) is 5.54. The first kappa shape index (κ1) is 23.9. The summed E-state index contributed by atoms with van der Waals surface area (Å²) in [6.07, 6.45) is 4.96. The second-order valence-corrected chi connectivity index (χ2v) is 8.99. The summed E-state index contributed by atoms with van der Waals surface area (Å²) in [7, 11) is 1.70. The largest absolute Gasteiger partial charge is 0.357 e. The molecule has 0 saturated heterocycles. The highest BCUT2D eigenvalue weighted by molar-refractivity contribution is 6.06. The fourth-order valence-corrected chi connectivity index (χ4v) is 3.63. The minimum absolute atomic E-state index is 0.0707. The van der Waals surface area contributed by atoms with E-state index in [1.807, 2.05) is 32.3 Å². The zero-order valence-electron chi connectivity index (χ0n) is 20.3. The van der Waals surface area contributed by atoms with E-state index in [1.54, 1.807) is 25.8 Å². The first-order valence-corrected chi connectivity index (χ1v) is 11.2. The van der Waals surface area contributed by atoms with Crippen molar-refractivity contribution in [3.05, 3.63) is 48.3 Å². The van der Waals surface area contributed by atoms with E-state index >= 15 is 0 Å². The van der Waals surface area contributed by atoms with Crippen molar-refractivity contribution in [2.75, 3.05) is 39.3 Å². The van der Waals surface area contributed by atoms with E-state index in [0.717, 1.165) is 5.56 Å². The van der Waals surface area contributed by atoms with Gasteiger partial charge in [-0.1, -0.05) is 0 Å². The van der Waals surface area contributed by atoms with Gasteiger partial charge in [0.15, 0.2) is 5.82 Å². The summed E-state index contributed by atoms with van der Waals surface area (Å²) in [6, 6.07) is 3.15. The number of hydrogen-bond acceptors (Lipinski definition) is 6. The number of aromatic nitrogens is 4. The van der Waals surface area contributed by atoms with Crippen LogP contribution >= 0.6 is 0 Å². The molecular weight excluding hydrogens is 453 g/mol. The summed E-state index contributed by atoms with van der Waals surface area (Å²) in [5, 5.41) is 7.97. The fourth-order valence-electron chi connectivity index (χ4n) is 3.63. The third kappa shape index (κ3) is 4.86. The molecule has 0 unspecified atom stereocenters. The second-order valence-electron chi connectivity index (χ2n) is 8.99. The Hall–Kier alpha value is -4.22. The van der Waals surface area contributed by atoms with E-state index in [2.05, 4.69) is 30.9 Å². The topological polar surface area (TPSA) is 120 Å². The Morgan fingerprint density at radius 2 is 1.97 bits per heavy atom. The average Bonchev–Trinajstić information content (AvgIpc) is 3.29. The van der Waals surface area contributed by atoms with Crippen LogP contribution in [0.4, 0.5) is 42.9 Å². The molecule has 3 heterocycles. The van der Waals surface area contributed by atoms with Crippen LogP contribution < -0.4 is 25.8 Å². The lowest BCUT2D eigenvalue weighted by Gasteiger charge is -2.35. The monoisotopic (exact) mass is 481 g/mol. The van der Waals surface area contributed by atoms with Crippen molar-refractivity contribution in [1.82, 2.24) is 19.5 Å². The van der Waals surface area contributed by atoms with E-state index in [9.17, 15) is 14.0 Å². The molecule has 0 radical (unpaired) electrons. The quantitative estimate of drug-likeness (QED) is 0.502. The summed E-state index contributed by atoms with van der Waals surface area (Å²) in [6.45, 7) is 8.45. The van der Waals surface area contributed by atoms with Crippen LogP contribution in [0, 0.1) is 5.82 Å². The Kier molecular flexibility index (Phi) is 6.29. The molecule has 1 aliphatic heterocycles. The van der Waals surface area contributed by atoms with Crippen molar-refractivity contribution in [3.63, 3.8) is 0 Å². The summed E-state index contributed by atoms with van der Waals surface area (Å²) in [4.78, 5) is 41.6. The predicted molar refractivity (Wildman–Crippen MR) is 132 cm³/mol. The number of anilines is 5. The molecule has 0 atom stereocenters. The molecule has 0 spiro atoms. The number of nitrogens with one attached hydrogen (secondary N) is 3. The molecule has 0 fully saturated rings. The lowest BCUT2D eigenvalue weighted by atomic mass is 10.1. The zero-order valence-corrected chi connectivity index (χ0v) is 20.3. The number of imidazole rings is 1. The predicted octanol–water partition coefficient (Wildman–Crippen LogP) is 4.22. The van der Waals surface area contributed by atoms with Crippen LogP contribution in [-0.2, 0) is 12.1 Å².